The van der Waals surface area contributed by atoms with Crippen molar-refractivity contribution in [2.24, 2.45) is 11.8 Å². The van der Waals surface area contributed by atoms with Crippen LogP contribution in [0, 0.1) is 18.8 Å². The molecule has 0 heterocycles. The Bertz CT molecular complexity index is 518. The normalized spacial score (nSPS) is 12.0. The number of anilines is 1. The van der Waals surface area contributed by atoms with Crippen molar-refractivity contribution in [1.82, 2.24) is 5.32 Å². The van der Waals surface area contributed by atoms with Gasteiger partial charge in [-0.25, -0.2) is 4.79 Å². The van der Waals surface area contributed by atoms with Crippen LogP contribution >= 0.6 is 11.6 Å². The van der Waals surface area contributed by atoms with Gasteiger partial charge in [0.05, 0.1) is 16.6 Å². The fraction of sp³-hybridized carbons (Fsp3) is 0.467. The maximum atomic E-state index is 11.8. The van der Waals surface area contributed by atoms with E-state index in [1.807, 2.05) is 26.8 Å². The van der Waals surface area contributed by atoms with Gasteiger partial charge in [-0.1, -0.05) is 31.5 Å². The monoisotopic (exact) mass is 312 g/mol. The molecule has 0 aliphatic heterocycles. The van der Waals surface area contributed by atoms with E-state index in [0.29, 0.717) is 17.1 Å². The lowest BCUT2D eigenvalue weighted by molar-refractivity contribution is -0.142. The summed E-state index contributed by atoms with van der Waals surface area (Å²) in [7, 11) is 0. The summed E-state index contributed by atoms with van der Waals surface area (Å²) in [6.45, 7) is 5.88. The lowest BCUT2D eigenvalue weighted by Crippen LogP contribution is -2.36. The number of aliphatic carboxylic acids is 1. The summed E-state index contributed by atoms with van der Waals surface area (Å²) in [6, 6.07) is 4.83. The Morgan fingerprint density at radius 3 is 2.52 bits per heavy atom. The topological polar surface area (TPSA) is 78.4 Å². The molecule has 0 radical (unpaired) electrons. The van der Waals surface area contributed by atoms with Gasteiger partial charge >= 0.3 is 12.0 Å². The summed E-state index contributed by atoms with van der Waals surface area (Å²) in [4.78, 5) is 22.9. The molecule has 1 unspecified atom stereocenters. The van der Waals surface area contributed by atoms with E-state index in [1.165, 1.54) is 0 Å². The van der Waals surface area contributed by atoms with E-state index in [4.69, 9.17) is 16.7 Å². The minimum Gasteiger partial charge on any atom is -0.481 e. The number of nitrogens with one attached hydrogen (secondary N) is 2. The second kappa shape index (κ2) is 7.88. The van der Waals surface area contributed by atoms with Crippen LogP contribution in [0.5, 0.6) is 0 Å². The molecule has 3 N–H and O–H groups in total. The molecule has 1 atom stereocenters. The molecule has 116 valence electrons. The summed E-state index contributed by atoms with van der Waals surface area (Å²) in [5.41, 5.74) is 1.49. The molecule has 0 saturated carbocycles. The zero-order valence-corrected chi connectivity index (χ0v) is 13.2. The van der Waals surface area contributed by atoms with Gasteiger partial charge in [-0.3, -0.25) is 4.79 Å². The first-order valence-electron chi connectivity index (χ1n) is 6.83. The second-order valence-electron chi connectivity index (χ2n) is 5.48. The molecular formula is C15H21ClN2O3. The zero-order chi connectivity index (χ0) is 16.0. The molecule has 5 nitrogen and oxygen atoms in total. The van der Waals surface area contributed by atoms with Crippen molar-refractivity contribution in [3.05, 3.63) is 28.8 Å². The molecule has 0 fully saturated rings. The molecule has 1 aromatic carbocycles. The van der Waals surface area contributed by atoms with Crippen LogP contribution in [-0.2, 0) is 4.79 Å². The molecule has 21 heavy (non-hydrogen) atoms. The molecule has 0 bridgehead atoms. The van der Waals surface area contributed by atoms with Crippen molar-refractivity contribution in [2.75, 3.05) is 11.9 Å². The van der Waals surface area contributed by atoms with Crippen molar-refractivity contribution >= 4 is 29.3 Å². The van der Waals surface area contributed by atoms with E-state index >= 15 is 0 Å². The smallest absolute Gasteiger partial charge is 0.319 e. The minimum absolute atomic E-state index is 0.0861. The van der Waals surface area contributed by atoms with Gasteiger partial charge in [0.25, 0.3) is 0 Å². The molecule has 0 aliphatic carbocycles. The van der Waals surface area contributed by atoms with Crippen molar-refractivity contribution in [1.29, 1.82) is 0 Å². The van der Waals surface area contributed by atoms with E-state index in [2.05, 4.69) is 10.6 Å². The highest BCUT2D eigenvalue weighted by molar-refractivity contribution is 6.33. The van der Waals surface area contributed by atoms with Crippen LogP contribution < -0.4 is 10.6 Å². The van der Waals surface area contributed by atoms with Crippen LogP contribution in [0.4, 0.5) is 10.5 Å². The fourth-order valence-corrected chi connectivity index (χ4v) is 2.23. The molecule has 0 aliphatic rings. The molecule has 2 amide bonds. The van der Waals surface area contributed by atoms with Gasteiger partial charge in [-0.15, -0.1) is 0 Å². The number of carboxylic acid groups (broad SMARTS) is 1. The maximum Gasteiger partial charge on any atom is 0.319 e. The van der Waals surface area contributed by atoms with Gasteiger partial charge in [0.1, 0.15) is 0 Å². The van der Waals surface area contributed by atoms with Crippen LogP contribution in [0.25, 0.3) is 0 Å². The minimum atomic E-state index is -0.905. The molecule has 0 saturated heterocycles. The highest BCUT2D eigenvalue weighted by Crippen LogP contribution is 2.22. The number of benzene rings is 1. The van der Waals surface area contributed by atoms with Gasteiger partial charge in [-0.2, -0.15) is 0 Å². The number of carbonyl (C=O) groups excluding carboxylic acids is 1. The Hall–Kier alpha value is -1.75. The van der Waals surface area contributed by atoms with Crippen LogP contribution in [-0.4, -0.2) is 23.7 Å². The first kappa shape index (κ1) is 17.3. The van der Waals surface area contributed by atoms with E-state index in [1.54, 1.807) is 12.1 Å². The summed E-state index contributed by atoms with van der Waals surface area (Å²) in [6.07, 6.45) is 0.515. The van der Waals surface area contributed by atoms with E-state index < -0.39 is 17.9 Å². The second-order valence-corrected chi connectivity index (χ2v) is 5.89. The number of aryl methyl sites for hydroxylation is 1. The number of carbonyl (C=O) groups is 2. The Balaban J connectivity index is 2.54. The lowest BCUT2D eigenvalue weighted by Gasteiger charge is -2.16. The fourth-order valence-electron chi connectivity index (χ4n) is 1.94. The average Bonchev–Trinajstić information content (AvgIpc) is 2.37. The molecule has 6 heteroatoms. The summed E-state index contributed by atoms with van der Waals surface area (Å²) in [5, 5.41) is 14.7. The zero-order valence-electron chi connectivity index (χ0n) is 12.4. The average molecular weight is 313 g/mol. The quantitative estimate of drug-likeness (QED) is 0.752. The predicted molar refractivity (Wildman–Crippen MR) is 83.8 cm³/mol. The van der Waals surface area contributed by atoms with Crippen LogP contribution in [0.15, 0.2) is 18.2 Å². The van der Waals surface area contributed by atoms with Gasteiger partial charge < -0.3 is 15.7 Å². The molecule has 0 spiro atoms. The molecule has 1 rings (SSSR count). The number of hydrogen-bond acceptors (Lipinski definition) is 2. The maximum absolute atomic E-state index is 11.8. The SMILES string of the molecule is Cc1ccc(NC(=O)NCC(CC(C)C)C(=O)O)c(Cl)c1. The van der Waals surface area contributed by atoms with Crippen molar-refractivity contribution < 1.29 is 14.7 Å². The van der Waals surface area contributed by atoms with Crippen LogP contribution in [0.2, 0.25) is 5.02 Å². The van der Waals surface area contributed by atoms with Crippen LogP contribution in [0.1, 0.15) is 25.8 Å². The lowest BCUT2D eigenvalue weighted by atomic mass is 9.97. The van der Waals surface area contributed by atoms with Crippen molar-refractivity contribution in [3.8, 4) is 0 Å². The number of urea groups is 1. The highest BCUT2D eigenvalue weighted by atomic mass is 35.5. The van der Waals surface area contributed by atoms with Gasteiger partial charge in [0.2, 0.25) is 0 Å². The summed E-state index contributed by atoms with van der Waals surface area (Å²) >= 11 is 6.02. The summed E-state index contributed by atoms with van der Waals surface area (Å²) < 4.78 is 0. The van der Waals surface area contributed by atoms with Gasteiger partial charge in [0.15, 0.2) is 0 Å². The first-order chi connectivity index (χ1) is 9.79. The van der Waals surface area contributed by atoms with Gasteiger partial charge in [0, 0.05) is 6.54 Å². The Morgan fingerprint density at radius 1 is 1.33 bits per heavy atom. The van der Waals surface area contributed by atoms with Crippen molar-refractivity contribution in [2.45, 2.75) is 27.2 Å². The number of halogens is 1. The van der Waals surface area contributed by atoms with E-state index in [-0.39, 0.29) is 12.5 Å². The third kappa shape index (κ3) is 6.04. The number of hydrogen-bond donors (Lipinski definition) is 3. The van der Waals surface area contributed by atoms with Crippen molar-refractivity contribution in [3.63, 3.8) is 0 Å². The number of rotatable bonds is 6. The Labute approximate surface area is 129 Å². The molecule has 1 aromatic rings. The number of carboxylic acids is 1. The summed E-state index contributed by atoms with van der Waals surface area (Å²) in [5.74, 6) is -1.25. The molecule has 0 aromatic heterocycles. The Kier molecular flexibility index (Phi) is 6.49. The molecular weight excluding hydrogens is 292 g/mol. The first-order valence-corrected chi connectivity index (χ1v) is 7.21. The van der Waals surface area contributed by atoms with Crippen LogP contribution in [0.3, 0.4) is 0 Å². The third-order valence-electron chi connectivity index (χ3n) is 2.99. The van der Waals surface area contributed by atoms with E-state index in [0.717, 1.165) is 5.56 Å². The predicted octanol–water partition coefficient (Wildman–Crippen LogP) is 3.52. The number of amides is 2. The van der Waals surface area contributed by atoms with Gasteiger partial charge in [-0.05, 0) is 37.0 Å². The Morgan fingerprint density at radius 2 is 2.00 bits per heavy atom. The third-order valence-corrected chi connectivity index (χ3v) is 3.30. The highest BCUT2D eigenvalue weighted by Gasteiger charge is 2.19. The standard InChI is InChI=1S/C15H21ClN2O3/c1-9(2)6-11(14(19)20)8-17-15(21)18-13-5-4-10(3)7-12(13)16/h4-5,7,9,11H,6,8H2,1-3H3,(H,19,20)(H2,17,18,21). The van der Waals surface area contributed by atoms with E-state index in [9.17, 15) is 9.59 Å². The largest absolute Gasteiger partial charge is 0.481 e.